The lowest BCUT2D eigenvalue weighted by Crippen LogP contribution is -2.46. The summed E-state index contributed by atoms with van der Waals surface area (Å²) in [5.41, 5.74) is 2.61. The van der Waals surface area contributed by atoms with Crippen molar-refractivity contribution in [1.82, 2.24) is 35.8 Å². The number of H-pyrrole nitrogens is 1. The minimum Gasteiger partial charge on any atom is -0.489 e. The number of nitrogens with one attached hydrogen (secondary N) is 4. The summed E-state index contributed by atoms with van der Waals surface area (Å²) in [5.74, 6) is 1.94. The lowest BCUT2D eigenvalue weighted by molar-refractivity contribution is 0.0929. The first-order valence-electron chi connectivity index (χ1n) is 12.0. The summed E-state index contributed by atoms with van der Waals surface area (Å²) in [6.07, 6.45) is 6.80. The van der Waals surface area contributed by atoms with Crippen LogP contribution in [0.2, 0.25) is 0 Å². The fraction of sp³-hybridized carbons (Fsp3) is 0.269. The molecule has 3 aromatic heterocycles. The van der Waals surface area contributed by atoms with Gasteiger partial charge in [0.15, 0.2) is 11.6 Å². The highest BCUT2D eigenvalue weighted by Crippen LogP contribution is 2.34. The fourth-order valence-corrected chi connectivity index (χ4v) is 4.79. The first-order valence-corrected chi connectivity index (χ1v) is 12.0. The summed E-state index contributed by atoms with van der Waals surface area (Å²) in [6.45, 7) is 2.05. The summed E-state index contributed by atoms with van der Waals surface area (Å²) in [7, 11) is 0. The number of rotatable bonds is 6. The Morgan fingerprint density at radius 2 is 1.92 bits per heavy atom. The van der Waals surface area contributed by atoms with Crippen molar-refractivity contribution >= 4 is 11.6 Å². The van der Waals surface area contributed by atoms with Gasteiger partial charge in [0.05, 0.1) is 5.54 Å². The topological polar surface area (TPSA) is 130 Å². The van der Waals surface area contributed by atoms with Crippen LogP contribution in [0.4, 0.5) is 5.69 Å². The van der Waals surface area contributed by atoms with Crippen molar-refractivity contribution < 1.29 is 9.53 Å². The van der Waals surface area contributed by atoms with E-state index in [2.05, 4.69) is 36.1 Å². The van der Waals surface area contributed by atoms with Gasteiger partial charge in [0, 0.05) is 35.4 Å². The number of amides is 1. The molecule has 2 aliphatic rings. The minimum atomic E-state index is -0.444. The van der Waals surface area contributed by atoms with Crippen LogP contribution in [0.25, 0.3) is 11.4 Å². The summed E-state index contributed by atoms with van der Waals surface area (Å²) in [5, 5.41) is 17.8. The monoisotopic (exact) mass is 482 g/mol. The van der Waals surface area contributed by atoms with Gasteiger partial charge in [0.2, 0.25) is 0 Å². The highest BCUT2D eigenvalue weighted by atomic mass is 16.5. The van der Waals surface area contributed by atoms with Gasteiger partial charge in [-0.2, -0.15) is 5.10 Å². The number of pyridine rings is 2. The first kappa shape index (κ1) is 22.2. The van der Waals surface area contributed by atoms with Crippen molar-refractivity contribution in [1.29, 1.82) is 0 Å². The molecule has 10 nitrogen and oxygen atoms in total. The molecule has 0 radical (unpaired) electrons. The number of hydrogen-bond donors (Lipinski definition) is 4. The van der Waals surface area contributed by atoms with E-state index in [1.54, 1.807) is 24.7 Å². The smallest absolute Gasteiger partial charge is 0.252 e. The molecule has 1 atom stereocenters. The van der Waals surface area contributed by atoms with Gasteiger partial charge in [-0.1, -0.05) is 6.07 Å². The molecule has 0 bridgehead atoms. The molecule has 0 unspecified atom stereocenters. The SMILES string of the molecule is O=C(N[C@H]1COc2cccnc21)c1cccc(NC2(c3nc(-c4ccncc4)n[nH]3)CCNCC2)c1. The van der Waals surface area contributed by atoms with Crippen LogP contribution in [0.5, 0.6) is 5.75 Å². The molecule has 4 aromatic rings. The lowest BCUT2D eigenvalue weighted by Gasteiger charge is -2.37. The third-order valence-electron chi connectivity index (χ3n) is 6.68. The Morgan fingerprint density at radius 1 is 1.06 bits per heavy atom. The highest BCUT2D eigenvalue weighted by Gasteiger charge is 2.37. The third kappa shape index (κ3) is 4.27. The Labute approximate surface area is 207 Å². The normalized spacial score (nSPS) is 18.2. The Hall–Kier alpha value is -4.31. The number of carbonyl (C=O) groups excluding carboxylic acids is 1. The van der Waals surface area contributed by atoms with Gasteiger partial charge in [-0.05, 0) is 68.4 Å². The van der Waals surface area contributed by atoms with Gasteiger partial charge < -0.3 is 20.7 Å². The molecule has 5 heterocycles. The number of aromatic amines is 1. The number of hydrogen-bond acceptors (Lipinski definition) is 8. The molecule has 36 heavy (non-hydrogen) atoms. The van der Waals surface area contributed by atoms with Crippen molar-refractivity contribution in [3.05, 3.63) is 84.2 Å². The number of anilines is 1. The molecular weight excluding hydrogens is 456 g/mol. The van der Waals surface area contributed by atoms with E-state index in [1.807, 2.05) is 42.5 Å². The average Bonchev–Trinajstić information content (AvgIpc) is 3.59. The van der Waals surface area contributed by atoms with E-state index in [1.165, 1.54) is 0 Å². The van der Waals surface area contributed by atoms with E-state index in [-0.39, 0.29) is 11.9 Å². The van der Waals surface area contributed by atoms with Crippen molar-refractivity contribution in [2.24, 2.45) is 0 Å². The van der Waals surface area contributed by atoms with Crippen LogP contribution in [-0.2, 0) is 5.54 Å². The molecule has 10 heteroatoms. The van der Waals surface area contributed by atoms with Crippen LogP contribution in [0, 0.1) is 0 Å². The summed E-state index contributed by atoms with van der Waals surface area (Å²) >= 11 is 0. The average molecular weight is 483 g/mol. The maximum Gasteiger partial charge on any atom is 0.252 e. The second-order valence-electron chi connectivity index (χ2n) is 9.01. The molecule has 182 valence electrons. The molecule has 0 spiro atoms. The van der Waals surface area contributed by atoms with Crippen molar-refractivity contribution in [3.63, 3.8) is 0 Å². The second kappa shape index (κ2) is 9.38. The lowest BCUT2D eigenvalue weighted by atomic mass is 9.87. The second-order valence-corrected chi connectivity index (χ2v) is 9.01. The predicted octanol–water partition coefficient (Wildman–Crippen LogP) is 2.82. The van der Waals surface area contributed by atoms with Gasteiger partial charge >= 0.3 is 0 Å². The first-order chi connectivity index (χ1) is 17.7. The zero-order chi connectivity index (χ0) is 24.4. The van der Waals surface area contributed by atoms with Gasteiger partial charge in [0.25, 0.3) is 5.91 Å². The highest BCUT2D eigenvalue weighted by molar-refractivity contribution is 5.95. The van der Waals surface area contributed by atoms with Crippen LogP contribution in [0.15, 0.2) is 67.1 Å². The van der Waals surface area contributed by atoms with E-state index >= 15 is 0 Å². The van der Waals surface area contributed by atoms with E-state index in [4.69, 9.17) is 9.72 Å². The molecule has 0 saturated carbocycles. The third-order valence-corrected chi connectivity index (χ3v) is 6.68. The standard InChI is InChI=1S/C26H26N8O2/c35-24(30-20-16-36-21-5-2-10-29-22(20)21)18-3-1-4-19(15-18)32-26(8-13-28-14-9-26)25-31-23(33-34-25)17-6-11-27-12-7-17/h1-7,10-12,15,20,28,32H,8-9,13-14,16H2,(H,30,35)(H,31,33,34)/t20-/m0/s1. The summed E-state index contributed by atoms with van der Waals surface area (Å²) in [6, 6.07) is 14.7. The van der Waals surface area contributed by atoms with Crippen LogP contribution in [0.1, 0.15) is 40.8 Å². The summed E-state index contributed by atoms with van der Waals surface area (Å²) in [4.78, 5) is 26.4. The largest absolute Gasteiger partial charge is 0.489 e. The number of nitrogens with zero attached hydrogens (tertiary/aromatic N) is 4. The zero-order valence-corrected chi connectivity index (χ0v) is 19.6. The van der Waals surface area contributed by atoms with Gasteiger partial charge in [-0.3, -0.25) is 19.9 Å². The van der Waals surface area contributed by atoms with E-state index in [0.29, 0.717) is 23.7 Å². The molecule has 4 N–H and O–H groups in total. The van der Waals surface area contributed by atoms with Gasteiger partial charge in [0.1, 0.15) is 24.1 Å². The van der Waals surface area contributed by atoms with E-state index < -0.39 is 5.54 Å². The van der Waals surface area contributed by atoms with Crippen molar-refractivity contribution in [2.45, 2.75) is 24.4 Å². The fourth-order valence-electron chi connectivity index (χ4n) is 4.79. The number of carbonyl (C=O) groups is 1. The van der Waals surface area contributed by atoms with Gasteiger partial charge in [-0.15, -0.1) is 0 Å². The number of fused-ring (bicyclic) bond motifs is 1. The Kier molecular flexibility index (Phi) is 5.78. The maximum absolute atomic E-state index is 13.1. The van der Waals surface area contributed by atoms with E-state index in [0.717, 1.165) is 48.7 Å². The number of piperidine rings is 1. The molecule has 1 amide bonds. The number of aromatic nitrogens is 5. The van der Waals surface area contributed by atoms with Crippen LogP contribution < -0.4 is 20.7 Å². The number of benzene rings is 1. The van der Waals surface area contributed by atoms with Crippen molar-refractivity contribution in [3.8, 4) is 17.1 Å². The molecule has 1 fully saturated rings. The number of ether oxygens (including phenoxy) is 1. The summed E-state index contributed by atoms with van der Waals surface area (Å²) < 4.78 is 5.65. The molecular formula is C26H26N8O2. The molecule has 1 aromatic carbocycles. The van der Waals surface area contributed by atoms with Crippen molar-refractivity contribution in [2.75, 3.05) is 25.0 Å². The van der Waals surface area contributed by atoms with E-state index in [9.17, 15) is 4.79 Å². The Bertz CT molecular complexity index is 1370. The van der Waals surface area contributed by atoms with Crippen LogP contribution >= 0.6 is 0 Å². The van der Waals surface area contributed by atoms with Gasteiger partial charge in [-0.25, -0.2) is 4.98 Å². The van der Waals surface area contributed by atoms with Crippen LogP contribution in [-0.4, -0.2) is 50.8 Å². The molecule has 2 aliphatic heterocycles. The minimum absolute atomic E-state index is 0.176. The Morgan fingerprint density at radius 3 is 2.78 bits per heavy atom. The zero-order valence-electron chi connectivity index (χ0n) is 19.6. The molecule has 1 saturated heterocycles. The molecule has 0 aliphatic carbocycles. The maximum atomic E-state index is 13.1. The molecule has 6 rings (SSSR count). The van der Waals surface area contributed by atoms with Crippen LogP contribution in [0.3, 0.4) is 0 Å². The quantitative estimate of drug-likeness (QED) is 0.330. The Balaban J connectivity index is 1.23. The predicted molar refractivity (Wildman–Crippen MR) is 133 cm³/mol.